The fourth-order valence-electron chi connectivity index (χ4n) is 2.99. The average molecular weight is 428 g/mol. The van der Waals surface area contributed by atoms with Crippen LogP contribution < -0.4 is 5.32 Å². The van der Waals surface area contributed by atoms with E-state index >= 15 is 0 Å². The van der Waals surface area contributed by atoms with E-state index in [1.165, 1.54) is 6.08 Å². The summed E-state index contributed by atoms with van der Waals surface area (Å²) in [5.74, 6) is -2.72. The lowest BCUT2D eigenvalue weighted by Crippen LogP contribution is -2.22. The summed E-state index contributed by atoms with van der Waals surface area (Å²) in [6, 6.07) is 6.23. The van der Waals surface area contributed by atoms with Gasteiger partial charge in [-0.15, -0.1) is 0 Å². The largest absolute Gasteiger partial charge is 0.451 e. The summed E-state index contributed by atoms with van der Waals surface area (Å²) in [6.07, 6.45) is 2.31. The van der Waals surface area contributed by atoms with Crippen molar-refractivity contribution in [1.29, 1.82) is 5.26 Å². The first kappa shape index (κ1) is 23.3. The van der Waals surface area contributed by atoms with Crippen LogP contribution in [0.3, 0.4) is 0 Å². The van der Waals surface area contributed by atoms with Crippen molar-refractivity contribution >= 4 is 29.3 Å². The first-order chi connectivity index (χ1) is 14.7. The van der Waals surface area contributed by atoms with Crippen LogP contribution in [0.15, 0.2) is 29.8 Å². The van der Waals surface area contributed by atoms with Crippen molar-refractivity contribution in [3.63, 3.8) is 0 Å². The molecule has 10 heteroatoms. The normalized spacial score (nSPS) is 11.0. The Bertz CT molecular complexity index is 1100. The minimum atomic E-state index is -1.01. The molecule has 2 rings (SSSR count). The number of nitriles is 1. The number of aryl methyl sites for hydroxylation is 1. The van der Waals surface area contributed by atoms with Gasteiger partial charge in [0.2, 0.25) is 0 Å². The van der Waals surface area contributed by atoms with Crippen molar-refractivity contribution in [3.8, 4) is 6.07 Å². The molecule has 1 amide bonds. The van der Waals surface area contributed by atoms with Gasteiger partial charge in [0.15, 0.2) is 6.61 Å². The number of hydrogen-bond donors (Lipinski definition) is 1. The number of ether oxygens (including phenoxy) is 1. The van der Waals surface area contributed by atoms with Crippen LogP contribution in [-0.4, -0.2) is 28.0 Å². The first-order valence-corrected chi connectivity index (χ1v) is 9.37. The van der Waals surface area contributed by atoms with Gasteiger partial charge < -0.3 is 14.6 Å². The fourth-order valence-corrected chi connectivity index (χ4v) is 2.99. The number of nitro benzene ring substituents is 1. The van der Waals surface area contributed by atoms with Crippen LogP contribution in [0, 0.1) is 41.1 Å². The Morgan fingerprint density at radius 3 is 2.68 bits per heavy atom. The molecule has 0 atom stereocenters. The van der Waals surface area contributed by atoms with Gasteiger partial charge in [0.05, 0.1) is 11.0 Å². The molecule has 2 aromatic rings. The second kappa shape index (κ2) is 10.2. The van der Waals surface area contributed by atoms with Crippen molar-refractivity contribution in [2.75, 3.05) is 11.9 Å². The highest BCUT2D eigenvalue weighted by Gasteiger charge is 2.19. The number of amides is 1. The number of hydrogen-bond acceptors (Lipinski definition) is 6. The Hall–Kier alpha value is -4.00. The predicted molar refractivity (Wildman–Crippen MR) is 110 cm³/mol. The fraction of sp³-hybridized carbons (Fsp3) is 0.286. The monoisotopic (exact) mass is 428 g/mol. The van der Waals surface area contributed by atoms with Gasteiger partial charge in [-0.3, -0.25) is 14.9 Å². The Kier molecular flexibility index (Phi) is 7.63. The van der Waals surface area contributed by atoms with Crippen LogP contribution >= 0.6 is 0 Å². The van der Waals surface area contributed by atoms with Gasteiger partial charge in [0, 0.05) is 17.9 Å². The Balaban J connectivity index is 2.08. The summed E-state index contributed by atoms with van der Waals surface area (Å²) >= 11 is 0. The number of benzene rings is 1. The quantitative estimate of drug-likeness (QED) is 0.225. The molecule has 0 aliphatic heterocycles. The zero-order valence-electron chi connectivity index (χ0n) is 17.3. The van der Waals surface area contributed by atoms with Crippen LogP contribution in [-0.2, 0) is 20.9 Å². The SMILES string of the molecule is CCCn1c(C)cc(/C=C(\C#N)C(=O)OCC(=O)Nc2ccc(F)cc2[N+](=O)[O-])c1C. The van der Waals surface area contributed by atoms with Crippen molar-refractivity contribution in [2.45, 2.75) is 33.7 Å². The molecule has 0 aliphatic carbocycles. The number of rotatable bonds is 8. The third-order valence-electron chi connectivity index (χ3n) is 4.47. The topological polar surface area (TPSA) is 127 Å². The van der Waals surface area contributed by atoms with E-state index in [1.807, 2.05) is 26.8 Å². The van der Waals surface area contributed by atoms with E-state index in [2.05, 4.69) is 9.88 Å². The second-order valence-corrected chi connectivity index (χ2v) is 6.69. The van der Waals surface area contributed by atoms with Crippen LogP contribution in [0.1, 0.15) is 30.3 Å². The Labute approximate surface area is 177 Å². The van der Waals surface area contributed by atoms with E-state index < -0.39 is 34.9 Å². The number of nitro groups is 1. The first-order valence-electron chi connectivity index (χ1n) is 9.37. The molecule has 0 fully saturated rings. The summed E-state index contributed by atoms with van der Waals surface area (Å²) in [7, 11) is 0. The number of carbonyl (C=O) groups excluding carboxylic acids is 2. The van der Waals surface area contributed by atoms with Crippen LogP contribution in [0.25, 0.3) is 6.08 Å². The summed E-state index contributed by atoms with van der Waals surface area (Å²) in [5.41, 5.74) is 1.38. The molecule has 162 valence electrons. The van der Waals surface area contributed by atoms with E-state index in [4.69, 9.17) is 4.74 Å². The van der Waals surface area contributed by atoms with E-state index in [0.717, 1.165) is 36.5 Å². The van der Waals surface area contributed by atoms with Gasteiger partial charge >= 0.3 is 5.97 Å². The zero-order chi connectivity index (χ0) is 23.1. The maximum Gasteiger partial charge on any atom is 0.349 e. The molecule has 1 heterocycles. The summed E-state index contributed by atoms with van der Waals surface area (Å²) in [6.45, 7) is 5.86. The van der Waals surface area contributed by atoms with Gasteiger partial charge in [0.1, 0.15) is 23.1 Å². The van der Waals surface area contributed by atoms with Crippen molar-refractivity contribution < 1.29 is 23.6 Å². The molecule has 0 saturated carbocycles. The van der Waals surface area contributed by atoms with Crippen molar-refractivity contribution in [3.05, 3.63) is 62.7 Å². The molecule has 1 aromatic heterocycles. The predicted octanol–water partition coefficient (Wildman–Crippen LogP) is 3.65. The zero-order valence-corrected chi connectivity index (χ0v) is 17.3. The molecule has 0 unspecified atom stereocenters. The molecule has 1 aromatic carbocycles. The number of aromatic nitrogens is 1. The minimum absolute atomic E-state index is 0.244. The van der Waals surface area contributed by atoms with Gasteiger partial charge in [-0.05, 0) is 50.1 Å². The van der Waals surface area contributed by atoms with Crippen molar-refractivity contribution in [1.82, 2.24) is 4.57 Å². The highest BCUT2D eigenvalue weighted by Crippen LogP contribution is 2.25. The third kappa shape index (κ3) is 5.76. The molecule has 31 heavy (non-hydrogen) atoms. The third-order valence-corrected chi connectivity index (χ3v) is 4.47. The number of anilines is 1. The van der Waals surface area contributed by atoms with Gasteiger partial charge in [0.25, 0.3) is 11.6 Å². The summed E-state index contributed by atoms with van der Waals surface area (Å²) in [5, 5.41) is 22.5. The standard InChI is InChI=1S/C21H21FN4O5/c1-4-7-25-13(2)8-15(14(25)3)9-16(11-23)21(28)31-12-20(27)24-18-6-5-17(22)10-19(18)26(29)30/h5-6,8-10H,4,7,12H2,1-3H3,(H,24,27)/b16-9+. The number of esters is 1. The highest BCUT2D eigenvalue weighted by atomic mass is 19.1. The lowest BCUT2D eigenvalue weighted by atomic mass is 10.1. The second-order valence-electron chi connectivity index (χ2n) is 6.69. The maximum atomic E-state index is 13.2. The summed E-state index contributed by atoms with van der Waals surface area (Å²) in [4.78, 5) is 34.4. The molecule has 0 spiro atoms. The molecular weight excluding hydrogens is 407 g/mol. The number of halogens is 1. The van der Waals surface area contributed by atoms with Crippen LogP contribution in [0.5, 0.6) is 0 Å². The van der Waals surface area contributed by atoms with E-state index in [9.17, 15) is 29.4 Å². The minimum Gasteiger partial charge on any atom is -0.451 e. The lowest BCUT2D eigenvalue weighted by molar-refractivity contribution is -0.384. The maximum absolute atomic E-state index is 13.2. The van der Waals surface area contributed by atoms with Gasteiger partial charge in [-0.25, -0.2) is 9.18 Å². The molecule has 0 radical (unpaired) electrons. The van der Waals surface area contributed by atoms with Gasteiger partial charge in [-0.1, -0.05) is 6.92 Å². The van der Waals surface area contributed by atoms with Crippen LogP contribution in [0.4, 0.5) is 15.8 Å². The number of carbonyl (C=O) groups is 2. The molecule has 0 saturated heterocycles. The summed E-state index contributed by atoms with van der Waals surface area (Å²) < 4.78 is 20.1. The molecule has 0 aliphatic rings. The van der Waals surface area contributed by atoms with E-state index in [1.54, 1.807) is 6.07 Å². The van der Waals surface area contributed by atoms with Gasteiger partial charge in [-0.2, -0.15) is 5.26 Å². The molecule has 9 nitrogen and oxygen atoms in total. The van der Waals surface area contributed by atoms with E-state index in [0.29, 0.717) is 11.6 Å². The van der Waals surface area contributed by atoms with E-state index in [-0.39, 0.29) is 11.3 Å². The molecule has 1 N–H and O–H groups in total. The molecule has 0 bridgehead atoms. The Morgan fingerprint density at radius 1 is 1.35 bits per heavy atom. The average Bonchev–Trinajstić information content (AvgIpc) is 2.99. The lowest BCUT2D eigenvalue weighted by Gasteiger charge is -2.08. The van der Waals surface area contributed by atoms with Crippen LogP contribution in [0.2, 0.25) is 0 Å². The smallest absolute Gasteiger partial charge is 0.349 e. The number of nitrogens with one attached hydrogen (secondary N) is 1. The highest BCUT2D eigenvalue weighted by molar-refractivity contribution is 6.00. The van der Waals surface area contributed by atoms with Crippen molar-refractivity contribution in [2.24, 2.45) is 0 Å². The Morgan fingerprint density at radius 2 is 2.06 bits per heavy atom. The molecular formula is C21H21FN4O5. The number of nitrogens with zero attached hydrogens (tertiary/aromatic N) is 3.